The molecule has 0 radical (unpaired) electrons. The molecule has 6 heteroatoms. The van der Waals surface area contributed by atoms with Crippen LogP contribution in [0.2, 0.25) is 5.02 Å². The van der Waals surface area contributed by atoms with Gasteiger partial charge in [-0.25, -0.2) is 0 Å². The monoisotopic (exact) mass is 367 g/mol. The van der Waals surface area contributed by atoms with E-state index >= 15 is 0 Å². The van der Waals surface area contributed by atoms with Gasteiger partial charge in [0.15, 0.2) is 0 Å². The van der Waals surface area contributed by atoms with Gasteiger partial charge in [-0.05, 0) is 42.1 Å². The SMILES string of the molecule is CCCN1C(=O)c2ccc(Cl)cc2N[C@H]1c1cc2ccccc2[nH]c1=O. The van der Waals surface area contributed by atoms with E-state index in [1.807, 2.05) is 37.3 Å². The summed E-state index contributed by atoms with van der Waals surface area (Å²) < 4.78 is 0. The highest BCUT2D eigenvalue weighted by molar-refractivity contribution is 6.31. The summed E-state index contributed by atoms with van der Waals surface area (Å²) in [6.45, 7) is 2.55. The summed E-state index contributed by atoms with van der Waals surface area (Å²) in [4.78, 5) is 30.3. The highest BCUT2D eigenvalue weighted by Crippen LogP contribution is 2.34. The normalized spacial score (nSPS) is 16.5. The van der Waals surface area contributed by atoms with Gasteiger partial charge in [0.1, 0.15) is 6.17 Å². The molecule has 0 fully saturated rings. The van der Waals surface area contributed by atoms with E-state index in [4.69, 9.17) is 11.6 Å². The maximum absolute atomic E-state index is 13.0. The molecule has 0 saturated heterocycles. The van der Waals surface area contributed by atoms with E-state index in [9.17, 15) is 9.59 Å². The summed E-state index contributed by atoms with van der Waals surface area (Å²) in [7, 11) is 0. The largest absolute Gasteiger partial charge is 0.361 e. The molecule has 3 aromatic rings. The van der Waals surface area contributed by atoms with Crippen LogP contribution in [0, 0.1) is 0 Å². The average Bonchev–Trinajstić information content (AvgIpc) is 2.63. The number of halogens is 1. The number of carbonyl (C=O) groups excluding carboxylic acids is 1. The third-order valence-electron chi connectivity index (χ3n) is 4.62. The standard InChI is InChI=1S/C20H18ClN3O2/c1-2-9-24-18(22-17-11-13(21)7-8-14(17)20(24)26)15-10-12-5-3-4-6-16(12)23-19(15)25/h3-8,10-11,18,22H,2,9H2,1H3,(H,23,25)/t18-/m1/s1. The van der Waals surface area contributed by atoms with Crippen LogP contribution in [0.25, 0.3) is 10.9 Å². The van der Waals surface area contributed by atoms with E-state index in [0.717, 1.165) is 17.3 Å². The molecule has 5 nitrogen and oxygen atoms in total. The van der Waals surface area contributed by atoms with Crippen molar-refractivity contribution < 1.29 is 4.79 Å². The quantitative estimate of drug-likeness (QED) is 0.730. The zero-order valence-corrected chi connectivity index (χ0v) is 15.0. The Kier molecular flexibility index (Phi) is 4.17. The summed E-state index contributed by atoms with van der Waals surface area (Å²) in [5, 5.41) is 4.79. The van der Waals surface area contributed by atoms with Gasteiger partial charge in [-0.15, -0.1) is 0 Å². The van der Waals surface area contributed by atoms with Crippen LogP contribution in [0.1, 0.15) is 35.4 Å². The van der Waals surface area contributed by atoms with Gasteiger partial charge in [-0.3, -0.25) is 9.59 Å². The van der Waals surface area contributed by atoms with E-state index in [1.165, 1.54) is 0 Å². The molecule has 2 aromatic carbocycles. The maximum Gasteiger partial charge on any atom is 0.257 e. The van der Waals surface area contributed by atoms with Gasteiger partial charge in [0.05, 0.1) is 16.8 Å². The van der Waals surface area contributed by atoms with Gasteiger partial charge in [0, 0.05) is 17.1 Å². The predicted octanol–water partition coefficient (Wildman–Crippen LogP) is 4.16. The molecular formula is C20H18ClN3O2. The molecule has 0 spiro atoms. The highest BCUT2D eigenvalue weighted by atomic mass is 35.5. The summed E-state index contributed by atoms with van der Waals surface area (Å²) in [5.41, 5.74) is 2.29. The molecular weight excluding hydrogens is 350 g/mol. The third kappa shape index (κ3) is 2.74. The second kappa shape index (κ2) is 6.50. The number of rotatable bonds is 3. The van der Waals surface area contributed by atoms with Crippen molar-refractivity contribution in [3.8, 4) is 0 Å². The van der Waals surface area contributed by atoms with Crippen molar-refractivity contribution in [3.05, 3.63) is 75.0 Å². The second-order valence-corrected chi connectivity index (χ2v) is 6.81. The molecule has 2 N–H and O–H groups in total. The zero-order valence-electron chi connectivity index (χ0n) is 14.3. The third-order valence-corrected chi connectivity index (χ3v) is 4.85. The van der Waals surface area contributed by atoms with E-state index in [2.05, 4.69) is 10.3 Å². The number of hydrogen-bond acceptors (Lipinski definition) is 3. The zero-order chi connectivity index (χ0) is 18.3. The Morgan fingerprint density at radius 2 is 1.92 bits per heavy atom. The van der Waals surface area contributed by atoms with Crippen LogP contribution < -0.4 is 10.9 Å². The Hall–Kier alpha value is -2.79. The van der Waals surface area contributed by atoms with Crippen molar-refractivity contribution in [2.45, 2.75) is 19.5 Å². The molecule has 1 atom stereocenters. The van der Waals surface area contributed by atoms with Gasteiger partial charge >= 0.3 is 0 Å². The molecule has 1 aliphatic rings. The Bertz CT molecular complexity index is 1060. The minimum atomic E-state index is -0.540. The second-order valence-electron chi connectivity index (χ2n) is 6.38. The van der Waals surface area contributed by atoms with E-state index in [-0.39, 0.29) is 11.5 Å². The van der Waals surface area contributed by atoms with E-state index in [0.29, 0.717) is 28.4 Å². The van der Waals surface area contributed by atoms with Crippen LogP contribution in [0.4, 0.5) is 5.69 Å². The fourth-order valence-electron chi connectivity index (χ4n) is 3.40. The first-order chi connectivity index (χ1) is 12.6. The van der Waals surface area contributed by atoms with Crippen LogP contribution in [0.15, 0.2) is 53.3 Å². The molecule has 0 saturated carbocycles. The fraction of sp³-hybridized carbons (Fsp3) is 0.200. The van der Waals surface area contributed by atoms with E-state index < -0.39 is 6.17 Å². The topological polar surface area (TPSA) is 65.2 Å². The number of nitrogens with one attached hydrogen (secondary N) is 2. The number of para-hydroxylation sites is 1. The van der Waals surface area contributed by atoms with Crippen molar-refractivity contribution in [2.24, 2.45) is 0 Å². The first kappa shape index (κ1) is 16.7. The number of H-pyrrole nitrogens is 1. The molecule has 132 valence electrons. The lowest BCUT2D eigenvalue weighted by atomic mass is 10.0. The number of pyridine rings is 1. The van der Waals surface area contributed by atoms with Gasteiger partial charge < -0.3 is 15.2 Å². The average molecular weight is 368 g/mol. The number of hydrogen-bond donors (Lipinski definition) is 2. The predicted molar refractivity (Wildman–Crippen MR) is 104 cm³/mol. The molecule has 4 rings (SSSR count). The number of amides is 1. The number of aromatic nitrogens is 1. The number of benzene rings is 2. The molecule has 1 aromatic heterocycles. The summed E-state index contributed by atoms with van der Waals surface area (Å²) in [5.74, 6) is -0.102. The molecule has 1 amide bonds. The molecule has 26 heavy (non-hydrogen) atoms. The Morgan fingerprint density at radius 1 is 1.12 bits per heavy atom. The van der Waals surface area contributed by atoms with Gasteiger partial charge in [-0.1, -0.05) is 36.7 Å². The first-order valence-corrected chi connectivity index (χ1v) is 8.95. The summed E-state index contributed by atoms with van der Waals surface area (Å²) in [6, 6.07) is 14.6. The van der Waals surface area contributed by atoms with Gasteiger partial charge in [0.2, 0.25) is 0 Å². The van der Waals surface area contributed by atoms with Crippen molar-refractivity contribution in [3.63, 3.8) is 0 Å². The molecule has 1 aliphatic heterocycles. The molecule has 0 bridgehead atoms. The Labute approximate surface area is 155 Å². The number of nitrogens with zero attached hydrogens (tertiary/aromatic N) is 1. The lowest BCUT2D eigenvalue weighted by Crippen LogP contribution is -2.45. The minimum absolute atomic E-state index is 0.102. The van der Waals surface area contributed by atoms with Crippen molar-refractivity contribution in [2.75, 3.05) is 11.9 Å². The van der Waals surface area contributed by atoms with Crippen molar-refractivity contribution in [1.29, 1.82) is 0 Å². The number of aromatic amines is 1. The van der Waals surface area contributed by atoms with Crippen LogP contribution in [-0.2, 0) is 0 Å². The number of carbonyl (C=O) groups is 1. The molecule has 0 aliphatic carbocycles. The molecule has 0 unspecified atom stereocenters. The Balaban J connectivity index is 1.87. The molecule has 2 heterocycles. The van der Waals surface area contributed by atoms with Crippen LogP contribution >= 0.6 is 11.6 Å². The first-order valence-electron chi connectivity index (χ1n) is 8.57. The van der Waals surface area contributed by atoms with Crippen LogP contribution in [0.3, 0.4) is 0 Å². The lowest BCUT2D eigenvalue weighted by Gasteiger charge is -2.37. The van der Waals surface area contributed by atoms with Crippen molar-refractivity contribution in [1.82, 2.24) is 9.88 Å². The lowest BCUT2D eigenvalue weighted by molar-refractivity contribution is 0.0682. The van der Waals surface area contributed by atoms with Crippen LogP contribution in [0.5, 0.6) is 0 Å². The fourth-order valence-corrected chi connectivity index (χ4v) is 3.58. The highest BCUT2D eigenvalue weighted by Gasteiger charge is 2.34. The van der Waals surface area contributed by atoms with Crippen molar-refractivity contribution >= 4 is 34.1 Å². The van der Waals surface area contributed by atoms with Gasteiger partial charge in [0.25, 0.3) is 11.5 Å². The van der Waals surface area contributed by atoms with E-state index in [1.54, 1.807) is 23.1 Å². The Morgan fingerprint density at radius 3 is 2.73 bits per heavy atom. The number of anilines is 1. The smallest absolute Gasteiger partial charge is 0.257 e. The number of fused-ring (bicyclic) bond motifs is 2. The maximum atomic E-state index is 13.0. The van der Waals surface area contributed by atoms with Gasteiger partial charge in [-0.2, -0.15) is 0 Å². The van der Waals surface area contributed by atoms with Crippen LogP contribution in [-0.4, -0.2) is 22.3 Å². The summed E-state index contributed by atoms with van der Waals surface area (Å²) in [6.07, 6.45) is 0.250. The minimum Gasteiger partial charge on any atom is -0.361 e. The summed E-state index contributed by atoms with van der Waals surface area (Å²) >= 11 is 6.09.